The fraction of sp³-hybridized carbons (Fsp3) is 0.867. The molecule has 0 bridgehead atoms. The van der Waals surface area contributed by atoms with Crippen LogP contribution in [0.2, 0.25) is 0 Å². The van der Waals surface area contributed by atoms with Gasteiger partial charge in [-0.15, -0.1) is 0 Å². The smallest absolute Gasteiger partial charge is 0.308 e. The average molecular weight is 267 g/mol. The predicted octanol–water partition coefficient (Wildman–Crippen LogP) is 2.67. The van der Waals surface area contributed by atoms with E-state index in [4.69, 9.17) is 5.11 Å². The number of carboxylic acids is 1. The third kappa shape index (κ3) is 3.71. The number of piperidine rings is 1. The molecule has 0 radical (unpaired) electrons. The van der Waals surface area contributed by atoms with Crippen LogP contribution in [0.3, 0.4) is 0 Å². The first kappa shape index (κ1) is 14.4. The van der Waals surface area contributed by atoms with Crippen molar-refractivity contribution in [2.24, 2.45) is 11.3 Å². The van der Waals surface area contributed by atoms with Crippen molar-refractivity contribution in [2.45, 2.75) is 58.3 Å². The van der Waals surface area contributed by atoms with Crippen molar-refractivity contribution >= 4 is 11.9 Å². The molecule has 2 rings (SSSR count). The van der Waals surface area contributed by atoms with Crippen LogP contribution in [-0.2, 0) is 9.59 Å². The highest BCUT2D eigenvalue weighted by atomic mass is 16.4. The first-order valence-electron chi connectivity index (χ1n) is 7.51. The number of hydrogen-bond acceptors (Lipinski definition) is 2. The number of carbonyl (C=O) groups is 2. The van der Waals surface area contributed by atoms with Crippen molar-refractivity contribution in [1.82, 2.24) is 4.90 Å². The van der Waals surface area contributed by atoms with Crippen LogP contribution >= 0.6 is 0 Å². The third-order valence-corrected chi connectivity index (χ3v) is 4.76. The molecule has 19 heavy (non-hydrogen) atoms. The number of hydrogen-bond donors (Lipinski definition) is 1. The van der Waals surface area contributed by atoms with Crippen molar-refractivity contribution in [3.8, 4) is 0 Å². The second-order valence-electron chi connectivity index (χ2n) is 6.57. The molecule has 2 aliphatic rings. The summed E-state index contributed by atoms with van der Waals surface area (Å²) in [7, 11) is 0. The topological polar surface area (TPSA) is 57.6 Å². The molecule has 1 aliphatic heterocycles. The van der Waals surface area contributed by atoms with Gasteiger partial charge < -0.3 is 10.0 Å². The second kappa shape index (κ2) is 5.93. The van der Waals surface area contributed by atoms with Gasteiger partial charge in [0.1, 0.15) is 0 Å². The summed E-state index contributed by atoms with van der Waals surface area (Å²) < 4.78 is 0. The van der Waals surface area contributed by atoms with Gasteiger partial charge in [0.2, 0.25) is 5.91 Å². The lowest BCUT2D eigenvalue weighted by atomic mass is 9.73. The van der Waals surface area contributed by atoms with E-state index in [1.165, 1.54) is 19.3 Å². The summed E-state index contributed by atoms with van der Waals surface area (Å²) >= 11 is 0. The van der Waals surface area contributed by atoms with Gasteiger partial charge in [0.15, 0.2) is 0 Å². The van der Waals surface area contributed by atoms with Crippen LogP contribution in [0.1, 0.15) is 58.3 Å². The van der Waals surface area contributed by atoms with Crippen LogP contribution in [0, 0.1) is 11.3 Å². The zero-order chi connectivity index (χ0) is 13.9. The first-order valence-corrected chi connectivity index (χ1v) is 7.51. The maximum absolute atomic E-state index is 12.4. The summed E-state index contributed by atoms with van der Waals surface area (Å²) in [5.74, 6) is -0.964. The molecule has 1 atom stereocenters. The summed E-state index contributed by atoms with van der Waals surface area (Å²) in [5.41, 5.74) is 0.144. The van der Waals surface area contributed by atoms with E-state index in [1.807, 2.05) is 0 Å². The van der Waals surface area contributed by atoms with Gasteiger partial charge in [-0.25, -0.2) is 0 Å². The highest BCUT2D eigenvalue weighted by Crippen LogP contribution is 2.39. The molecule has 4 nitrogen and oxygen atoms in total. The van der Waals surface area contributed by atoms with E-state index < -0.39 is 5.97 Å². The van der Waals surface area contributed by atoms with Gasteiger partial charge in [0.05, 0.1) is 5.92 Å². The van der Waals surface area contributed by atoms with Crippen LogP contribution < -0.4 is 0 Å². The van der Waals surface area contributed by atoms with Gasteiger partial charge in [0.25, 0.3) is 0 Å². The number of amides is 1. The lowest BCUT2D eigenvalue weighted by Crippen LogP contribution is -2.44. The lowest BCUT2D eigenvalue weighted by molar-refractivity contribution is -0.146. The van der Waals surface area contributed by atoms with Gasteiger partial charge in [-0.05, 0) is 31.1 Å². The lowest BCUT2D eigenvalue weighted by Gasteiger charge is -2.37. The van der Waals surface area contributed by atoms with E-state index in [0.29, 0.717) is 19.4 Å². The highest BCUT2D eigenvalue weighted by Gasteiger charge is 2.33. The molecule has 1 aliphatic carbocycles. The number of carbonyl (C=O) groups excluding carboxylic acids is 1. The Kier molecular flexibility index (Phi) is 4.48. The van der Waals surface area contributed by atoms with Gasteiger partial charge in [-0.2, -0.15) is 0 Å². The van der Waals surface area contributed by atoms with E-state index in [0.717, 1.165) is 25.8 Å². The van der Waals surface area contributed by atoms with Gasteiger partial charge in [-0.1, -0.05) is 26.2 Å². The summed E-state index contributed by atoms with van der Waals surface area (Å²) in [5, 5.41) is 9.07. The summed E-state index contributed by atoms with van der Waals surface area (Å²) in [6.45, 7) is 3.35. The Bertz CT molecular complexity index is 347. The number of aliphatic carboxylic acids is 1. The molecule has 1 amide bonds. The van der Waals surface area contributed by atoms with Crippen molar-refractivity contribution in [1.29, 1.82) is 0 Å². The zero-order valence-electron chi connectivity index (χ0n) is 11.9. The number of likely N-dealkylation sites (tertiary alicyclic amines) is 1. The Morgan fingerprint density at radius 1 is 1.21 bits per heavy atom. The molecule has 1 saturated heterocycles. The largest absolute Gasteiger partial charge is 0.481 e. The van der Waals surface area contributed by atoms with Gasteiger partial charge in [0, 0.05) is 19.5 Å². The van der Waals surface area contributed by atoms with E-state index in [1.54, 1.807) is 4.90 Å². The molecule has 0 aromatic heterocycles. The molecular formula is C15H25NO3. The molecule has 0 spiro atoms. The number of carboxylic acid groups (broad SMARTS) is 1. The molecule has 1 saturated carbocycles. The molecule has 0 aromatic carbocycles. The van der Waals surface area contributed by atoms with Crippen LogP contribution in [0.4, 0.5) is 0 Å². The average Bonchev–Trinajstić information content (AvgIpc) is 2.39. The Balaban J connectivity index is 1.90. The zero-order valence-corrected chi connectivity index (χ0v) is 11.9. The standard InChI is InChI=1S/C15H25NO3/c1-15(7-3-2-4-8-15)10-13(17)16-9-5-6-12(11-16)14(18)19/h12H,2-11H2,1H3,(H,18,19). The Morgan fingerprint density at radius 3 is 2.53 bits per heavy atom. The van der Waals surface area contributed by atoms with E-state index >= 15 is 0 Å². The van der Waals surface area contributed by atoms with E-state index in [-0.39, 0.29) is 17.2 Å². The minimum atomic E-state index is -0.763. The predicted molar refractivity (Wildman–Crippen MR) is 72.7 cm³/mol. The van der Waals surface area contributed by atoms with Crippen molar-refractivity contribution in [3.63, 3.8) is 0 Å². The third-order valence-electron chi connectivity index (χ3n) is 4.76. The quantitative estimate of drug-likeness (QED) is 0.855. The minimum absolute atomic E-state index is 0.144. The Hall–Kier alpha value is -1.06. The van der Waals surface area contributed by atoms with Crippen LogP contribution in [-0.4, -0.2) is 35.0 Å². The molecule has 108 valence electrons. The van der Waals surface area contributed by atoms with Crippen molar-refractivity contribution in [2.75, 3.05) is 13.1 Å². The van der Waals surface area contributed by atoms with Gasteiger partial charge in [-0.3, -0.25) is 9.59 Å². The molecule has 0 aromatic rings. The summed E-state index contributed by atoms with van der Waals surface area (Å²) in [4.78, 5) is 25.2. The van der Waals surface area contributed by atoms with Crippen molar-refractivity contribution < 1.29 is 14.7 Å². The highest BCUT2D eigenvalue weighted by molar-refractivity contribution is 5.78. The van der Waals surface area contributed by atoms with Crippen molar-refractivity contribution in [3.05, 3.63) is 0 Å². The summed E-state index contributed by atoms with van der Waals surface area (Å²) in [6, 6.07) is 0. The maximum atomic E-state index is 12.4. The SMILES string of the molecule is CC1(CC(=O)N2CCCC(C(=O)O)C2)CCCCC1. The molecule has 2 fully saturated rings. The Labute approximate surface area is 115 Å². The van der Waals surface area contributed by atoms with E-state index in [2.05, 4.69) is 6.92 Å². The summed E-state index contributed by atoms with van der Waals surface area (Å²) in [6.07, 6.45) is 8.12. The number of nitrogens with zero attached hydrogens (tertiary/aromatic N) is 1. The van der Waals surface area contributed by atoms with Crippen LogP contribution in [0.25, 0.3) is 0 Å². The van der Waals surface area contributed by atoms with Crippen LogP contribution in [0.5, 0.6) is 0 Å². The second-order valence-corrected chi connectivity index (χ2v) is 6.57. The van der Waals surface area contributed by atoms with Crippen LogP contribution in [0.15, 0.2) is 0 Å². The molecule has 1 unspecified atom stereocenters. The monoisotopic (exact) mass is 267 g/mol. The molecule has 1 N–H and O–H groups in total. The van der Waals surface area contributed by atoms with Gasteiger partial charge >= 0.3 is 5.97 Å². The minimum Gasteiger partial charge on any atom is -0.481 e. The first-order chi connectivity index (χ1) is 9.00. The normalized spacial score (nSPS) is 27.0. The van der Waals surface area contributed by atoms with E-state index in [9.17, 15) is 9.59 Å². The molecule has 1 heterocycles. The molecular weight excluding hydrogens is 242 g/mol. The molecule has 4 heteroatoms. The fourth-order valence-electron chi connectivity index (χ4n) is 3.46. The number of rotatable bonds is 3. The Morgan fingerprint density at radius 2 is 1.89 bits per heavy atom. The fourth-order valence-corrected chi connectivity index (χ4v) is 3.46. The maximum Gasteiger partial charge on any atom is 0.308 e.